The van der Waals surface area contributed by atoms with Gasteiger partial charge in [0.05, 0.1) is 18.7 Å². The first-order valence-corrected chi connectivity index (χ1v) is 9.19. The molecule has 0 atom stereocenters. The van der Waals surface area contributed by atoms with Crippen molar-refractivity contribution in [3.63, 3.8) is 0 Å². The van der Waals surface area contributed by atoms with Crippen LogP contribution in [0.5, 0.6) is 5.75 Å². The first-order chi connectivity index (χ1) is 11.9. The lowest BCUT2D eigenvalue weighted by Crippen LogP contribution is -2.39. The summed E-state index contributed by atoms with van der Waals surface area (Å²) in [5.41, 5.74) is 8.93. The Bertz CT molecular complexity index is 589. The average Bonchev–Trinajstić information content (AvgIpc) is 2.61. The lowest BCUT2D eigenvalue weighted by Gasteiger charge is -2.37. The Morgan fingerprint density at radius 3 is 2.24 bits per heavy atom. The van der Waals surface area contributed by atoms with E-state index in [1.165, 1.54) is 24.8 Å². The molecule has 6 heteroatoms. The molecule has 1 saturated carbocycles. The molecule has 3 nitrogen and oxygen atoms in total. The molecule has 1 heterocycles. The number of alkyl halides is 3. The fourth-order valence-electron chi connectivity index (χ4n) is 4.24. The number of piperidine rings is 1. The Hall–Kier alpha value is -1.59. The summed E-state index contributed by atoms with van der Waals surface area (Å²) in [7, 11) is 1.58. The van der Waals surface area contributed by atoms with Gasteiger partial charge in [0.1, 0.15) is 5.75 Å². The van der Waals surface area contributed by atoms with Crippen LogP contribution in [-0.4, -0.2) is 26.4 Å². The van der Waals surface area contributed by atoms with Crippen LogP contribution in [0.3, 0.4) is 0 Å². The number of nitrogen functional groups attached to an aromatic ring is 1. The maximum absolute atomic E-state index is 13.0. The third-order valence-electron chi connectivity index (χ3n) is 5.72. The van der Waals surface area contributed by atoms with E-state index in [9.17, 15) is 13.2 Å². The molecule has 0 amide bonds. The lowest BCUT2D eigenvalue weighted by atomic mass is 9.82. The molecular weight excluding hydrogens is 329 g/mol. The monoisotopic (exact) mass is 356 g/mol. The van der Waals surface area contributed by atoms with Crippen molar-refractivity contribution in [2.24, 2.45) is 5.92 Å². The zero-order valence-corrected chi connectivity index (χ0v) is 14.7. The van der Waals surface area contributed by atoms with Crippen LogP contribution in [0.25, 0.3) is 0 Å². The number of benzene rings is 1. The fraction of sp³-hybridized carbons (Fsp3) is 0.684. The van der Waals surface area contributed by atoms with E-state index in [-0.39, 0.29) is 12.8 Å². The summed E-state index contributed by atoms with van der Waals surface area (Å²) in [6.07, 6.45) is 2.13. The summed E-state index contributed by atoms with van der Waals surface area (Å²) in [4.78, 5) is 2.09. The van der Waals surface area contributed by atoms with Gasteiger partial charge >= 0.3 is 6.18 Å². The van der Waals surface area contributed by atoms with Crippen LogP contribution in [-0.2, 0) is 0 Å². The van der Waals surface area contributed by atoms with Gasteiger partial charge in [0.25, 0.3) is 0 Å². The number of hydrogen-bond acceptors (Lipinski definition) is 3. The Morgan fingerprint density at radius 2 is 1.68 bits per heavy atom. The number of rotatable bonds is 3. The molecule has 1 aliphatic carbocycles. The quantitative estimate of drug-likeness (QED) is 0.766. The van der Waals surface area contributed by atoms with Gasteiger partial charge in [0, 0.05) is 24.8 Å². The van der Waals surface area contributed by atoms with Gasteiger partial charge in [-0.05, 0) is 43.2 Å². The van der Waals surface area contributed by atoms with Crippen LogP contribution in [0.1, 0.15) is 56.4 Å². The molecule has 0 aromatic heterocycles. The van der Waals surface area contributed by atoms with Crippen molar-refractivity contribution in [1.82, 2.24) is 0 Å². The summed E-state index contributed by atoms with van der Waals surface area (Å²) in [5.74, 6) is -0.137. The van der Waals surface area contributed by atoms with Crippen molar-refractivity contribution in [1.29, 1.82) is 0 Å². The Morgan fingerprint density at radius 1 is 1.04 bits per heavy atom. The van der Waals surface area contributed by atoms with E-state index in [2.05, 4.69) is 4.90 Å². The van der Waals surface area contributed by atoms with Crippen LogP contribution >= 0.6 is 0 Å². The number of anilines is 2. The second kappa shape index (κ2) is 7.34. The zero-order chi connectivity index (χ0) is 18.0. The van der Waals surface area contributed by atoms with Crippen molar-refractivity contribution in [2.75, 3.05) is 30.8 Å². The molecule has 3 rings (SSSR count). The van der Waals surface area contributed by atoms with Crippen molar-refractivity contribution in [3.8, 4) is 5.75 Å². The predicted octanol–water partition coefficient (Wildman–Crippen LogP) is 5.10. The van der Waals surface area contributed by atoms with Crippen molar-refractivity contribution < 1.29 is 17.9 Å². The van der Waals surface area contributed by atoms with E-state index in [0.29, 0.717) is 30.4 Å². The predicted molar refractivity (Wildman–Crippen MR) is 94.2 cm³/mol. The molecule has 1 saturated heterocycles. The summed E-state index contributed by atoms with van der Waals surface area (Å²) in [5, 5.41) is 0. The molecular formula is C19H27F3N2O. The standard InChI is InChI=1S/C19H27F3N2O/c1-25-18-12-17(24-9-7-14(8-10-24)19(20,21)22)15(11-16(18)23)13-5-3-2-4-6-13/h11-14H,2-10,23H2,1H3. The van der Waals surface area contributed by atoms with Crippen molar-refractivity contribution in [3.05, 3.63) is 17.7 Å². The van der Waals surface area contributed by atoms with Gasteiger partial charge in [0.2, 0.25) is 0 Å². The van der Waals surface area contributed by atoms with Gasteiger partial charge < -0.3 is 15.4 Å². The van der Waals surface area contributed by atoms with E-state index < -0.39 is 12.1 Å². The molecule has 140 valence electrons. The molecule has 1 aromatic rings. The number of hydrogen-bond donors (Lipinski definition) is 1. The molecule has 1 aromatic carbocycles. The van der Waals surface area contributed by atoms with Gasteiger partial charge in [-0.2, -0.15) is 13.2 Å². The van der Waals surface area contributed by atoms with Gasteiger partial charge in [0.15, 0.2) is 0 Å². The molecule has 0 radical (unpaired) electrons. The van der Waals surface area contributed by atoms with Crippen LogP contribution in [0.4, 0.5) is 24.5 Å². The SMILES string of the molecule is COc1cc(N2CCC(C(F)(F)F)CC2)c(C2CCCCC2)cc1N. The highest BCUT2D eigenvalue weighted by Gasteiger charge is 2.41. The van der Waals surface area contributed by atoms with Crippen molar-refractivity contribution in [2.45, 2.75) is 57.0 Å². The fourth-order valence-corrected chi connectivity index (χ4v) is 4.24. The maximum atomic E-state index is 13.0. The van der Waals surface area contributed by atoms with E-state index in [1.54, 1.807) is 7.11 Å². The second-order valence-corrected chi connectivity index (χ2v) is 7.29. The molecule has 2 N–H and O–H groups in total. The number of ether oxygens (including phenoxy) is 1. The summed E-state index contributed by atoms with van der Waals surface area (Å²) in [6.45, 7) is 0.855. The Kier molecular flexibility index (Phi) is 5.35. The molecule has 2 aliphatic rings. The number of halogens is 3. The molecule has 2 fully saturated rings. The molecule has 0 spiro atoms. The van der Waals surface area contributed by atoms with Crippen LogP contribution in [0.2, 0.25) is 0 Å². The molecule has 0 bridgehead atoms. The Labute approximate surface area is 147 Å². The minimum atomic E-state index is -4.09. The highest BCUT2D eigenvalue weighted by molar-refractivity contribution is 5.68. The molecule has 1 aliphatic heterocycles. The van der Waals surface area contributed by atoms with E-state index in [0.717, 1.165) is 18.5 Å². The third kappa shape index (κ3) is 3.98. The highest BCUT2D eigenvalue weighted by atomic mass is 19.4. The number of nitrogens with zero attached hydrogens (tertiary/aromatic N) is 1. The first kappa shape index (κ1) is 18.2. The topological polar surface area (TPSA) is 38.5 Å². The largest absolute Gasteiger partial charge is 0.495 e. The zero-order valence-electron chi connectivity index (χ0n) is 14.7. The summed E-state index contributed by atoms with van der Waals surface area (Å²) < 4.78 is 44.2. The van der Waals surface area contributed by atoms with Crippen LogP contribution in [0, 0.1) is 5.92 Å². The minimum Gasteiger partial charge on any atom is -0.495 e. The highest BCUT2D eigenvalue weighted by Crippen LogP contribution is 2.43. The van der Waals surface area contributed by atoms with E-state index in [4.69, 9.17) is 10.5 Å². The van der Waals surface area contributed by atoms with E-state index >= 15 is 0 Å². The Balaban J connectivity index is 1.86. The number of methoxy groups -OCH3 is 1. The van der Waals surface area contributed by atoms with Gasteiger partial charge in [-0.25, -0.2) is 0 Å². The van der Waals surface area contributed by atoms with Gasteiger partial charge in [-0.3, -0.25) is 0 Å². The van der Waals surface area contributed by atoms with Crippen LogP contribution < -0.4 is 15.4 Å². The van der Waals surface area contributed by atoms with Gasteiger partial charge in [-0.15, -0.1) is 0 Å². The van der Waals surface area contributed by atoms with Crippen molar-refractivity contribution >= 4 is 11.4 Å². The first-order valence-electron chi connectivity index (χ1n) is 9.19. The third-order valence-corrected chi connectivity index (χ3v) is 5.72. The van der Waals surface area contributed by atoms with E-state index in [1.807, 2.05) is 12.1 Å². The molecule has 25 heavy (non-hydrogen) atoms. The molecule has 0 unspecified atom stereocenters. The maximum Gasteiger partial charge on any atom is 0.391 e. The normalized spacial score (nSPS) is 20.7. The minimum absolute atomic E-state index is 0.153. The van der Waals surface area contributed by atoms with Crippen LogP contribution in [0.15, 0.2) is 12.1 Å². The van der Waals surface area contributed by atoms with Gasteiger partial charge in [-0.1, -0.05) is 19.3 Å². The number of nitrogens with two attached hydrogens (primary N) is 1. The summed E-state index contributed by atoms with van der Waals surface area (Å²) in [6, 6.07) is 3.91. The second-order valence-electron chi connectivity index (χ2n) is 7.29. The lowest BCUT2D eigenvalue weighted by molar-refractivity contribution is -0.179. The summed E-state index contributed by atoms with van der Waals surface area (Å²) >= 11 is 0. The smallest absolute Gasteiger partial charge is 0.391 e. The average molecular weight is 356 g/mol.